The summed E-state index contributed by atoms with van der Waals surface area (Å²) in [6.45, 7) is 2.80. The quantitative estimate of drug-likeness (QED) is 0.839. The minimum absolute atomic E-state index is 0.196. The molecule has 1 saturated carbocycles. The van der Waals surface area contributed by atoms with E-state index in [9.17, 15) is 4.79 Å². The highest BCUT2D eigenvalue weighted by molar-refractivity contribution is 5.72. The summed E-state index contributed by atoms with van der Waals surface area (Å²) in [5, 5.41) is 3.96. The van der Waals surface area contributed by atoms with E-state index < -0.39 is 6.03 Å². The van der Waals surface area contributed by atoms with E-state index >= 15 is 0 Å². The van der Waals surface area contributed by atoms with E-state index in [0.29, 0.717) is 25.0 Å². The number of morpholine rings is 1. The summed E-state index contributed by atoms with van der Waals surface area (Å²) in [6, 6.07) is -0.863. The van der Waals surface area contributed by atoms with Crippen molar-refractivity contribution in [3.05, 3.63) is 11.7 Å². The summed E-state index contributed by atoms with van der Waals surface area (Å²) < 4.78 is 10.8. The van der Waals surface area contributed by atoms with Crippen LogP contribution in [0.1, 0.15) is 43.4 Å². The second kappa shape index (κ2) is 4.24. The Labute approximate surface area is 104 Å². The second-order valence-electron chi connectivity index (χ2n) is 4.82. The van der Waals surface area contributed by atoms with Gasteiger partial charge in [0, 0.05) is 12.5 Å². The minimum Gasteiger partial charge on any atom is -0.374 e. The maximum Gasteiger partial charge on any atom is 0.315 e. The number of carbonyl (C=O) groups excluding carboxylic acids is 1. The van der Waals surface area contributed by atoms with E-state index in [1.807, 2.05) is 6.92 Å². The number of urea groups is 1. The monoisotopic (exact) mass is 252 g/mol. The Morgan fingerprint density at radius 3 is 2.94 bits per heavy atom. The standard InChI is InChI=1S/C11H16N4O3/c1-6-8(15(11(12)16)4-5-17-6)10-13-9(14-18-10)7-2-3-7/h6-8H,2-5H2,1H3,(H2,12,16)/t6-,8+/m1/s1. The average molecular weight is 252 g/mol. The molecule has 7 nitrogen and oxygen atoms in total. The van der Waals surface area contributed by atoms with Crippen molar-refractivity contribution < 1.29 is 14.1 Å². The molecule has 7 heteroatoms. The van der Waals surface area contributed by atoms with Gasteiger partial charge in [0.05, 0.1) is 12.7 Å². The van der Waals surface area contributed by atoms with Crippen LogP contribution in [0.15, 0.2) is 4.52 Å². The Balaban J connectivity index is 1.87. The van der Waals surface area contributed by atoms with Crippen molar-refractivity contribution in [2.24, 2.45) is 5.73 Å². The summed E-state index contributed by atoms with van der Waals surface area (Å²) in [7, 11) is 0. The number of carbonyl (C=O) groups is 1. The molecule has 0 aromatic carbocycles. The molecule has 2 fully saturated rings. The molecule has 1 aliphatic carbocycles. The molecule has 18 heavy (non-hydrogen) atoms. The van der Waals surface area contributed by atoms with Gasteiger partial charge in [0.2, 0.25) is 0 Å². The van der Waals surface area contributed by atoms with Gasteiger partial charge in [-0.15, -0.1) is 0 Å². The summed E-state index contributed by atoms with van der Waals surface area (Å²) >= 11 is 0. The largest absolute Gasteiger partial charge is 0.374 e. The zero-order chi connectivity index (χ0) is 12.7. The molecule has 2 amide bonds. The summed E-state index contributed by atoms with van der Waals surface area (Å²) in [5.41, 5.74) is 5.38. The Bertz CT molecular complexity index is 457. The SMILES string of the molecule is C[C@H]1OCCN(C(N)=O)[C@@H]1c1nc(C2CC2)no1. The first-order valence-electron chi connectivity index (χ1n) is 6.18. The molecular weight excluding hydrogens is 236 g/mol. The third-order valence-electron chi connectivity index (χ3n) is 3.43. The van der Waals surface area contributed by atoms with Crippen molar-refractivity contribution in [2.75, 3.05) is 13.2 Å². The Morgan fingerprint density at radius 2 is 2.28 bits per heavy atom. The average Bonchev–Trinajstić information content (AvgIpc) is 3.08. The van der Waals surface area contributed by atoms with Gasteiger partial charge in [0.25, 0.3) is 5.89 Å². The van der Waals surface area contributed by atoms with Crippen LogP contribution in [-0.4, -0.2) is 40.3 Å². The van der Waals surface area contributed by atoms with Crippen LogP contribution in [0.4, 0.5) is 4.79 Å². The van der Waals surface area contributed by atoms with Crippen LogP contribution < -0.4 is 5.73 Å². The first kappa shape index (κ1) is 11.5. The lowest BCUT2D eigenvalue weighted by Crippen LogP contribution is -2.49. The predicted molar refractivity (Wildman–Crippen MR) is 60.7 cm³/mol. The molecule has 0 spiro atoms. The van der Waals surface area contributed by atoms with E-state index in [1.54, 1.807) is 0 Å². The highest BCUT2D eigenvalue weighted by atomic mass is 16.5. The van der Waals surface area contributed by atoms with Crippen LogP contribution >= 0.6 is 0 Å². The van der Waals surface area contributed by atoms with Crippen molar-refractivity contribution in [1.82, 2.24) is 15.0 Å². The van der Waals surface area contributed by atoms with Gasteiger partial charge < -0.3 is 19.9 Å². The number of nitrogens with zero attached hydrogens (tertiary/aromatic N) is 3. The Kier molecular flexibility index (Phi) is 2.70. The highest BCUT2D eigenvalue weighted by Crippen LogP contribution is 2.39. The number of primary amides is 1. The lowest BCUT2D eigenvalue weighted by atomic mass is 10.1. The summed E-state index contributed by atoms with van der Waals surface area (Å²) in [4.78, 5) is 17.3. The van der Waals surface area contributed by atoms with Gasteiger partial charge >= 0.3 is 6.03 Å². The molecule has 0 unspecified atom stereocenters. The van der Waals surface area contributed by atoms with E-state index in [2.05, 4.69) is 10.1 Å². The van der Waals surface area contributed by atoms with Crippen molar-refractivity contribution >= 4 is 6.03 Å². The van der Waals surface area contributed by atoms with Gasteiger partial charge in [0.15, 0.2) is 5.82 Å². The maximum atomic E-state index is 11.4. The minimum atomic E-state index is -0.485. The van der Waals surface area contributed by atoms with Gasteiger partial charge in [-0.3, -0.25) is 0 Å². The van der Waals surface area contributed by atoms with Crippen molar-refractivity contribution in [3.8, 4) is 0 Å². The smallest absolute Gasteiger partial charge is 0.315 e. The molecule has 0 radical (unpaired) electrons. The van der Waals surface area contributed by atoms with Gasteiger partial charge in [-0.25, -0.2) is 4.79 Å². The lowest BCUT2D eigenvalue weighted by molar-refractivity contribution is -0.0532. The van der Waals surface area contributed by atoms with Crippen LogP contribution in [0.5, 0.6) is 0 Å². The first-order chi connectivity index (χ1) is 8.66. The fourth-order valence-electron chi connectivity index (χ4n) is 2.28. The zero-order valence-electron chi connectivity index (χ0n) is 10.2. The number of nitrogens with two attached hydrogens (primary N) is 1. The molecule has 2 aliphatic rings. The van der Waals surface area contributed by atoms with Gasteiger partial charge in [-0.05, 0) is 19.8 Å². The van der Waals surface area contributed by atoms with E-state index in [4.69, 9.17) is 15.0 Å². The number of hydrogen-bond acceptors (Lipinski definition) is 5. The maximum absolute atomic E-state index is 11.4. The number of ether oxygens (including phenoxy) is 1. The second-order valence-corrected chi connectivity index (χ2v) is 4.82. The van der Waals surface area contributed by atoms with Gasteiger partial charge in [-0.2, -0.15) is 4.98 Å². The van der Waals surface area contributed by atoms with Gasteiger partial charge in [0.1, 0.15) is 6.04 Å². The highest BCUT2D eigenvalue weighted by Gasteiger charge is 2.38. The number of hydrogen-bond donors (Lipinski definition) is 1. The lowest BCUT2D eigenvalue weighted by Gasteiger charge is -2.36. The van der Waals surface area contributed by atoms with E-state index in [0.717, 1.165) is 18.7 Å². The normalized spacial score (nSPS) is 28.4. The number of rotatable bonds is 2. The molecule has 1 aliphatic heterocycles. The van der Waals surface area contributed by atoms with Crippen molar-refractivity contribution in [2.45, 2.75) is 37.8 Å². The summed E-state index contributed by atoms with van der Waals surface area (Å²) in [6.07, 6.45) is 2.02. The molecule has 2 atom stereocenters. The van der Waals surface area contributed by atoms with Crippen LogP contribution in [0.2, 0.25) is 0 Å². The third-order valence-corrected chi connectivity index (χ3v) is 3.43. The molecule has 1 saturated heterocycles. The van der Waals surface area contributed by atoms with Crippen LogP contribution in [0, 0.1) is 0 Å². The molecule has 1 aromatic rings. The molecular formula is C11H16N4O3. The Morgan fingerprint density at radius 1 is 1.50 bits per heavy atom. The topological polar surface area (TPSA) is 94.5 Å². The fourth-order valence-corrected chi connectivity index (χ4v) is 2.28. The Hall–Kier alpha value is -1.63. The van der Waals surface area contributed by atoms with Gasteiger partial charge in [-0.1, -0.05) is 5.16 Å². The molecule has 2 heterocycles. The first-order valence-corrected chi connectivity index (χ1v) is 6.18. The third kappa shape index (κ3) is 1.94. The van der Waals surface area contributed by atoms with Crippen molar-refractivity contribution in [3.63, 3.8) is 0 Å². The molecule has 0 bridgehead atoms. The van der Waals surface area contributed by atoms with Crippen LogP contribution in [0.3, 0.4) is 0 Å². The van der Waals surface area contributed by atoms with Crippen molar-refractivity contribution in [1.29, 1.82) is 0 Å². The van der Waals surface area contributed by atoms with Crippen LogP contribution in [0.25, 0.3) is 0 Å². The molecule has 1 aromatic heterocycles. The fraction of sp³-hybridized carbons (Fsp3) is 0.727. The van der Waals surface area contributed by atoms with Crippen LogP contribution in [-0.2, 0) is 4.74 Å². The van der Waals surface area contributed by atoms with E-state index in [-0.39, 0.29) is 12.1 Å². The summed E-state index contributed by atoms with van der Waals surface area (Å²) in [5.74, 6) is 1.57. The van der Waals surface area contributed by atoms with E-state index in [1.165, 1.54) is 4.90 Å². The number of amides is 2. The number of aromatic nitrogens is 2. The molecule has 2 N–H and O–H groups in total. The molecule has 3 rings (SSSR count). The zero-order valence-corrected chi connectivity index (χ0v) is 10.2. The predicted octanol–water partition coefficient (Wildman–Crippen LogP) is 0.787. The molecule has 98 valence electrons.